The lowest BCUT2D eigenvalue weighted by molar-refractivity contribution is -0.119. The molecule has 0 amide bonds. The van der Waals surface area contributed by atoms with Crippen LogP contribution in [0, 0.1) is 12.8 Å². The molecule has 3 nitrogen and oxygen atoms in total. The molecule has 1 aromatic heterocycles. The van der Waals surface area contributed by atoms with Crippen molar-refractivity contribution in [3.63, 3.8) is 0 Å². The van der Waals surface area contributed by atoms with Crippen molar-refractivity contribution < 1.29 is 4.79 Å². The maximum atomic E-state index is 11.4. The highest BCUT2D eigenvalue weighted by Gasteiger charge is 2.29. The first-order valence-corrected chi connectivity index (χ1v) is 4.57. The van der Waals surface area contributed by atoms with Crippen molar-refractivity contribution in [1.82, 2.24) is 9.97 Å². The molecular weight excluding hydrogens is 164 g/mol. The van der Waals surface area contributed by atoms with E-state index in [4.69, 9.17) is 0 Å². The summed E-state index contributed by atoms with van der Waals surface area (Å²) in [6.07, 6.45) is 4.24. The van der Waals surface area contributed by atoms with Crippen molar-refractivity contribution in [3.8, 4) is 0 Å². The SMILES string of the molecule is Cc1ccnc(CC(=O)C2CC2)n1. The Bertz CT molecular complexity index is 331. The molecule has 1 saturated carbocycles. The molecular formula is C10H12N2O. The third-order valence-corrected chi connectivity index (χ3v) is 2.21. The Kier molecular flexibility index (Phi) is 2.08. The lowest BCUT2D eigenvalue weighted by Gasteiger charge is -1.98. The van der Waals surface area contributed by atoms with Gasteiger partial charge in [-0.2, -0.15) is 0 Å². The van der Waals surface area contributed by atoms with E-state index in [0.29, 0.717) is 23.9 Å². The fourth-order valence-electron chi connectivity index (χ4n) is 1.29. The molecule has 13 heavy (non-hydrogen) atoms. The van der Waals surface area contributed by atoms with Crippen LogP contribution < -0.4 is 0 Å². The van der Waals surface area contributed by atoms with Gasteiger partial charge in [0.25, 0.3) is 0 Å². The molecule has 0 aromatic carbocycles. The smallest absolute Gasteiger partial charge is 0.143 e. The molecule has 0 saturated heterocycles. The number of nitrogens with zero attached hydrogens (tertiary/aromatic N) is 2. The van der Waals surface area contributed by atoms with E-state index in [1.165, 1.54) is 0 Å². The highest BCUT2D eigenvalue weighted by molar-refractivity contribution is 5.84. The van der Waals surface area contributed by atoms with Crippen molar-refractivity contribution in [3.05, 3.63) is 23.8 Å². The van der Waals surface area contributed by atoms with E-state index in [-0.39, 0.29) is 0 Å². The second-order valence-corrected chi connectivity index (χ2v) is 3.53. The minimum Gasteiger partial charge on any atom is -0.299 e. The van der Waals surface area contributed by atoms with Gasteiger partial charge in [-0.15, -0.1) is 0 Å². The Morgan fingerprint density at radius 3 is 3.00 bits per heavy atom. The number of hydrogen-bond acceptors (Lipinski definition) is 3. The van der Waals surface area contributed by atoms with Crippen LogP contribution in [0.5, 0.6) is 0 Å². The molecule has 0 radical (unpaired) electrons. The summed E-state index contributed by atoms with van der Waals surface area (Å²) in [4.78, 5) is 19.7. The van der Waals surface area contributed by atoms with Crippen LogP contribution in [0.25, 0.3) is 0 Å². The summed E-state index contributed by atoms with van der Waals surface area (Å²) in [7, 11) is 0. The molecule has 2 rings (SSSR count). The topological polar surface area (TPSA) is 42.9 Å². The predicted octanol–water partition coefficient (Wildman–Crippen LogP) is 1.31. The second-order valence-electron chi connectivity index (χ2n) is 3.53. The first kappa shape index (κ1) is 8.35. The standard InChI is InChI=1S/C10H12N2O/c1-7-4-5-11-10(12-7)6-9(13)8-2-3-8/h4-5,8H,2-3,6H2,1H3. The van der Waals surface area contributed by atoms with E-state index < -0.39 is 0 Å². The average Bonchev–Trinajstić information content (AvgIpc) is 2.85. The number of ketones is 1. The molecule has 1 aliphatic carbocycles. The quantitative estimate of drug-likeness (QED) is 0.697. The van der Waals surface area contributed by atoms with E-state index in [2.05, 4.69) is 9.97 Å². The molecule has 0 aliphatic heterocycles. The summed E-state index contributed by atoms with van der Waals surface area (Å²) < 4.78 is 0. The van der Waals surface area contributed by atoms with Gasteiger partial charge in [-0.3, -0.25) is 4.79 Å². The van der Waals surface area contributed by atoms with Crippen LogP contribution in [0.2, 0.25) is 0 Å². The van der Waals surface area contributed by atoms with Crippen LogP contribution in [0.1, 0.15) is 24.4 Å². The molecule has 1 aromatic rings. The van der Waals surface area contributed by atoms with Crippen molar-refractivity contribution >= 4 is 5.78 Å². The molecule has 0 N–H and O–H groups in total. The lowest BCUT2D eigenvalue weighted by atomic mass is 10.2. The van der Waals surface area contributed by atoms with Gasteiger partial charge in [-0.1, -0.05) is 0 Å². The number of Topliss-reactive ketones (excluding diaryl/α,β-unsaturated/α-hetero) is 1. The maximum Gasteiger partial charge on any atom is 0.143 e. The van der Waals surface area contributed by atoms with Gasteiger partial charge in [-0.25, -0.2) is 9.97 Å². The summed E-state index contributed by atoms with van der Waals surface area (Å²) >= 11 is 0. The van der Waals surface area contributed by atoms with E-state index in [1.807, 2.05) is 13.0 Å². The minimum atomic E-state index is 0.297. The molecule has 1 aliphatic rings. The molecule has 68 valence electrons. The minimum absolute atomic E-state index is 0.297. The largest absolute Gasteiger partial charge is 0.299 e. The van der Waals surface area contributed by atoms with Gasteiger partial charge in [0.2, 0.25) is 0 Å². The summed E-state index contributed by atoms with van der Waals surface area (Å²) in [5, 5.41) is 0. The van der Waals surface area contributed by atoms with E-state index in [0.717, 1.165) is 18.5 Å². The van der Waals surface area contributed by atoms with Crippen LogP contribution >= 0.6 is 0 Å². The molecule has 3 heteroatoms. The zero-order chi connectivity index (χ0) is 9.26. The monoisotopic (exact) mass is 176 g/mol. The zero-order valence-corrected chi connectivity index (χ0v) is 7.66. The molecule has 1 heterocycles. The number of carbonyl (C=O) groups excluding carboxylic acids is 1. The molecule has 0 unspecified atom stereocenters. The molecule has 0 spiro atoms. The van der Waals surface area contributed by atoms with Gasteiger partial charge < -0.3 is 0 Å². The number of hydrogen-bond donors (Lipinski definition) is 0. The number of aryl methyl sites for hydroxylation is 1. The summed E-state index contributed by atoms with van der Waals surface area (Å²) in [5.41, 5.74) is 0.925. The van der Waals surface area contributed by atoms with Crippen LogP contribution in [0.3, 0.4) is 0 Å². The normalized spacial score (nSPS) is 15.8. The Morgan fingerprint density at radius 2 is 2.38 bits per heavy atom. The van der Waals surface area contributed by atoms with Gasteiger partial charge in [-0.05, 0) is 25.8 Å². The van der Waals surface area contributed by atoms with E-state index >= 15 is 0 Å². The van der Waals surface area contributed by atoms with Gasteiger partial charge >= 0.3 is 0 Å². The third-order valence-electron chi connectivity index (χ3n) is 2.21. The highest BCUT2D eigenvalue weighted by Crippen LogP contribution is 2.30. The highest BCUT2D eigenvalue weighted by atomic mass is 16.1. The first-order valence-electron chi connectivity index (χ1n) is 4.57. The Balaban J connectivity index is 2.04. The number of aromatic nitrogens is 2. The van der Waals surface area contributed by atoms with Gasteiger partial charge in [0, 0.05) is 17.8 Å². The summed E-state index contributed by atoms with van der Waals surface area (Å²) in [5.74, 6) is 1.27. The van der Waals surface area contributed by atoms with Crippen LogP contribution in [-0.2, 0) is 11.2 Å². The fraction of sp³-hybridized carbons (Fsp3) is 0.500. The molecule has 0 bridgehead atoms. The van der Waals surface area contributed by atoms with Gasteiger partial charge in [0.15, 0.2) is 0 Å². The number of carbonyl (C=O) groups is 1. The Morgan fingerprint density at radius 1 is 1.62 bits per heavy atom. The molecule has 1 fully saturated rings. The van der Waals surface area contributed by atoms with Crippen molar-refractivity contribution in [1.29, 1.82) is 0 Å². The Hall–Kier alpha value is -1.25. The van der Waals surface area contributed by atoms with Crippen molar-refractivity contribution in [2.45, 2.75) is 26.2 Å². The van der Waals surface area contributed by atoms with Crippen LogP contribution in [0.15, 0.2) is 12.3 Å². The lowest BCUT2D eigenvalue weighted by Crippen LogP contribution is -2.08. The fourth-order valence-corrected chi connectivity index (χ4v) is 1.29. The first-order chi connectivity index (χ1) is 6.25. The zero-order valence-electron chi connectivity index (χ0n) is 7.66. The van der Waals surface area contributed by atoms with E-state index in [1.54, 1.807) is 6.20 Å². The van der Waals surface area contributed by atoms with Crippen LogP contribution in [-0.4, -0.2) is 15.8 Å². The van der Waals surface area contributed by atoms with Crippen molar-refractivity contribution in [2.75, 3.05) is 0 Å². The van der Waals surface area contributed by atoms with Crippen molar-refractivity contribution in [2.24, 2.45) is 5.92 Å². The number of rotatable bonds is 3. The predicted molar refractivity (Wildman–Crippen MR) is 48.2 cm³/mol. The summed E-state index contributed by atoms with van der Waals surface area (Å²) in [6.45, 7) is 1.91. The van der Waals surface area contributed by atoms with Crippen LogP contribution in [0.4, 0.5) is 0 Å². The average molecular weight is 176 g/mol. The van der Waals surface area contributed by atoms with E-state index in [9.17, 15) is 4.79 Å². The third kappa shape index (κ3) is 2.11. The maximum absolute atomic E-state index is 11.4. The second kappa shape index (κ2) is 3.24. The van der Waals surface area contributed by atoms with Gasteiger partial charge in [0.05, 0.1) is 6.42 Å². The Labute approximate surface area is 77.2 Å². The van der Waals surface area contributed by atoms with Gasteiger partial charge in [0.1, 0.15) is 11.6 Å². The summed E-state index contributed by atoms with van der Waals surface area (Å²) in [6, 6.07) is 1.84. The molecule has 0 atom stereocenters.